The minimum Gasteiger partial charge on any atom is -0.480 e. The summed E-state index contributed by atoms with van der Waals surface area (Å²) in [6.45, 7) is 3.72. The van der Waals surface area contributed by atoms with Crippen molar-refractivity contribution in [1.82, 2.24) is 10.6 Å². The van der Waals surface area contributed by atoms with E-state index in [9.17, 15) is 59.9 Å². The second-order valence-corrected chi connectivity index (χ2v) is 6.29. The van der Waals surface area contributed by atoms with Gasteiger partial charge in [-0.2, -0.15) is 35.9 Å². The monoisotopic (exact) mass is 570 g/mol. The molecule has 2 amide bonds. The van der Waals surface area contributed by atoms with Gasteiger partial charge in [0.1, 0.15) is 12.1 Å². The molecule has 216 valence electrons. The van der Waals surface area contributed by atoms with Crippen LogP contribution in [0.4, 0.5) is 26.3 Å². The molecular weight excluding hydrogens is 550 g/mol. The van der Waals surface area contributed by atoms with Gasteiger partial charge in [-0.1, -0.05) is 6.92 Å². The van der Waals surface area contributed by atoms with Crippen molar-refractivity contribution < 1.29 is 84.1 Å². The maximum Gasteiger partial charge on any atom is 0.471 e. The van der Waals surface area contributed by atoms with Crippen LogP contribution >= 0.6 is 0 Å². The van der Waals surface area contributed by atoms with Gasteiger partial charge in [0.2, 0.25) is 0 Å². The molecule has 2 atom stereocenters. The topological polar surface area (TPSA) is 216 Å². The molecule has 0 aromatic carbocycles. The Balaban J connectivity index is -0.000000484. The van der Waals surface area contributed by atoms with Crippen molar-refractivity contribution in [3.05, 3.63) is 0 Å². The van der Waals surface area contributed by atoms with Gasteiger partial charge in [-0.05, 0) is 12.8 Å². The highest BCUT2D eigenvalue weighted by Gasteiger charge is 2.42. The maximum atomic E-state index is 11.8. The number of hydrogen-bond acceptors (Lipinski definition) is 11. The molecule has 1 aliphatic rings. The molecule has 1 saturated heterocycles. The van der Waals surface area contributed by atoms with E-state index in [2.05, 4.69) is 9.47 Å². The van der Waals surface area contributed by atoms with E-state index < -0.39 is 66.1 Å². The first kappa shape index (κ1) is 38.2. The van der Waals surface area contributed by atoms with Gasteiger partial charge in [-0.3, -0.25) is 24.0 Å². The Labute approximate surface area is 208 Å². The molecule has 0 radical (unpaired) electrons. The summed E-state index contributed by atoms with van der Waals surface area (Å²) in [7, 11) is 0. The molecule has 0 bridgehead atoms. The number of halogens is 6. The SMILES string of the molecule is CC(=O)OC(C)=O.CC[C@H](NC(=O)C(F)(F)F)C(=O)O.O=C1CC[C@H](NC(=O)C(F)(F)F)C(=O)O1.O=C=O. The van der Waals surface area contributed by atoms with Gasteiger partial charge in [0, 0.05) is 20.3 Å². The fourth-order valence-corrected chi connectivity index (χ4v) is 1.77. The molecule has 20 heteroatoms. The van der Waals surface area contributed by atoms with Gasteiger partial charge >= 0.3 is 60.2 Å². The normalized spacial score (nSPS) is 15.0. The molecule has 0 saturated carbocycles. The molecule has 1 rings (SSSR count). The van der Waals surface area contributed by atoms with Crippen molar-refractivity contribution in [2.24, 2.45) is 0 Å². The second kappa shape index (κ2) is 18.0. The van der Waals surface area contributed by atoms with E-state index in [1.807, 2.05) is 0 Å². The predicted molar refractivity (Wildman–Crippen MR) is 102 cm³/mol. The van der Waals surface area contributed by atoms with Crippen LogP contribution in [0.2, 0.25) is 0 Å². The Bertz CT molecular complexity index is 899. The van der Waals surface area contributed by atoms with E-state index in [0.717, 1.165) is 0 Å². The van der Waals surface area contributed by atoms with Crippen LogP contribution in [0.25, 0.3) is 0 Å². The van der Waals surface area contributed by atoms with E-state index in [-0.39, 0.29) is 25.4 Å². The van der Waals surface area contributed by atoms with Crippen molar-refractivity contribution in [1.29, 1.82) is 0 Å². The second-order valence-electron chi connectivity index (χ2n) is 6.29. The van der Waals surface area contributed by atoms with Gasteiger partial charge in [-0.15, -0.1) is 0 Å². The fourth-order valence-electron chi connectivity index (χ4n) is 1.77. The smallest absolute Gasteiger partial charge is 0.471 e. The number of esters is 4. The van der Waals surface area contributed by atoms with Crippen LogP contribution < -0.4 is 10.6 Å². The van der Waals surface area contributed by atoms with Gasteiger partial charge in [0.25, 0.3) is 0 Å². The van der Waals surface area contributed by atoms with Crippen LogP contribution in [-0.2, 0) is 52.6 Å². The van der Waals surface area contributed by atoms with Crippen molar-refractivity contribution in [3.63, 3.8) is 0 Å². The number of amides is 2. The van der Waals surface area contributed by atoms with E-state index in [1.54, 1.807) is 0 Å². The number of aliphatic carboxylic acids is 1. The Morgan fingerprint density at radius 1 is 1.00 bits per heavy atom. The number of carbonyl (C=O) groups is 7. The average molecular weight is 570 g/mol. The first-order chi connectivity index (χ1) is 17.1. The van der Waals surface area contributed by atoms with Crippen molar-refractivity contribution >= 4 is 47.8 Å². The lowest BCUT2D eigenvalue weighted by Gasteiger charge is -2.20. The number of rotatable bonds is 4. The van der Waals surface area contributed by atoms with Crippen LogP contribution in [0.1, 0.15) is 40.0 Å². The fraction of sp³-hybridized carbons (Fsp3) is 0.556. The molecule has 1 heterocycles. The molecule has 0 spiro atoms. The summed E-state index contributed by atoms with van der Waals surface area (Å²) >= 11 is 0. The number of cyclic esters (lactones) is 2. The van der Waals surface area contributed by atoms with Crippen molar-refractivity contribution in [2.45, 2.75) is 64.5 Å². The van der Waals surface area contributed by atoms with Gasteiger partial charge < -0.3 is 25.2 Å². The highest BCUT2D eigenvalue weighted by molar-refractivity contribution is 5.94. The van der Waals surface area contributed by atoms with Gasteiger partial charge in [0.15, 0.2) is 0 Å². The lowest BCUT2D eigenvalue weighted by Crippen LogP contribution is -2.49. The van der Waals surface area contributed by atoms with Crippen molar-refractivity contribution in [2.75, 3.05) is 0 Å². The van der Waals surface area contributed by atoms with Gasteiger partial charge in [0.05, 0.1) is 0 Å². The first-order valence-electron chi connectivity index (χ1n) is 9.54. The molecule has 0 aromatic heterocycles. The summed E-state index contributed by atoms with van der Waals surface area (Å²) in [4.78, 5) is 88.1. The molecule has 0 aliphatic carbocycles. The Morgan fingerprint density at radius 2 is 1.42 bits per heavy atom. The van der Waals surface area contributed by atoms with Gasteiger partial charge in [-0.25, -0.2) is 9.59 Å². The van der Waals surface area contributed by atoms with Crippen molar-refractivity contribution in [3.8, 4) is 0 Å². The molecule has 1 aliphatic heterocycles. The number of hydrogen-bond donors (Lipinski definition) is 3. The number of ether oxygens (including phenoxy) is 2. The van der Waals surface area contributed by atoms with E-state index in [4.69, 9.17) is 14.7 Å². The number of carboxylic acid groups (broad SMARTS) is 1. The Morgan fingerprint density at radius 3 is 1.68 bits per heavy atom. The molecule has 0 aromatic rings. The summed E-state index contributed by atoms with van der Waals surface area (Å²) in [6, 6.07) is -2.90. The summed E-state index contributed by atoms with van der Waals surface area (Å²) in [5.41, 5.74) is 0. The average Bonchev–Trinajstić information content (AvgIpc) is 2.72. The number of carboxylic acids is 1. The van der Waals surface area contributed by atoms with E-state index in [0.29, 0.717) is 0 Å². The van der Waals surface area contributed by atoms with Crippen LogP contribution in [0, 0.1) is 0 Å². The van der Waals surface area contributed by atoms with E-state index in [1.165, 1.54) is 31.4 Å². The molecule has 0 unspecified atom stereocenters. The zero-order valence-electron chi connectivity index (χ0n) is 19.5. The minimum atomic E-state index is -5.05. The molecular formula is C18H20F6N2O12. The third kappa shape index (κ3) is 19.9. The Kier molecular flexibility index (Phi) is 18.1. The first-order valence-corrected chi connectivity index (χ1v) is 9.54. The highest BCUT2D eigenvalue weighted by Crippen LogP contribution is 2.17. The Hall–Kier alpha value is -4.35. The number of nitrogens with one attached hydrogen (secondary N) is 2. The largest absolute Gasteiger partial charge is 0.480 e. The zero-order valence-corrected chi connectivity index (χ0v) is 19.5. The van der Waals surface area contributed by atoms with Crippen LogP contribution in [0.3, 0.4) is 0 Å². The summed E-state index contributed by atoms with van der Waals surface area (Å²) < 4.78 is 78.2. The lowest BCUT2D eigenvalue weighted by molar-refractivity contribution is -0.192. The molecule has 1 fully saturated rings. The van der Waals surface area contributed by atoms with Crippen LogP contribution in [0.5, 0.6) is 0 Å². The summed E-state index contributed by atoms with van der Waals surface area (Å²) in [5, 5.41) is 11.1. The third-order valence-electron chi connectivity index (χ3n) is 3.26. The highest BCUT2D eigenvalue weighted by atomic mass is 19.4. The summed E-state index contributed by atoms with van der Waals surface area (Å²) in [5.74, 6) is -9.04. The lowest BCUT2D eigenvalue weighted by atomic mass is 10.1. The molecule has 3 N–H and O–H groups in total. The van der Waals surface area contributed by atoms with E-state index >= 15 is 0 Å². The quantitative estimate of drug-likeness (QED) is 0.230. The number of alkyl halides is 6. The zero-order chi connectivity index (χ0) is 30.9. The predicted octanol–water partition coefficient (Wildman–Crippen LogP) is -0.0623. The standard InChI is InChI=1S/C7H6F3NO4.C6H8F3NO3.C4H6O3.CO2/c8-7(9,10)6(14)11-3-1-2-4(12)15-5(3)13;1-2-3(4(11)12)10-5(13)6(7,8)9;1-3(5)7-4(2)6;2-1-3/h3H,1-2H2,(H,11,14);3H,2H2,1H3,(H,10,13)(H,11,12);1-2H3;/t2*3-;;/m00../s1. The number of carbonyl (C=O) groups excluding carboxylic acids is 8. The third-order valence-corrected chi connectivity index (χ3v) is 3.26. The van der Waals surface area contributed by atoms with Crippen LogP contribution in [-0.4, -0.2) is 77.4 Å². The van der Waals surface area contributed by atoms with Crippen LogP contribution in [0.15, 0.2) is 0 Å². The maximum absolute atomic E-state index is 11.8. The summed E-state index contributed by atoms with van der Waals surface area (Å²) in [6.07, 6.45) is -10.3. The molecule has 14 nitrogen and oxygen atoms in total. The minimum absolute atomic E-state index is 0.100. The molecule has 38 heavy (non-hydrogen) atoms.